The van der Waals surface area contributed by atoms with Crippen LogP contribution in [0, 0.1) is 0 Å². The van der Waals surface area contributed by atoms with Crippen molar-refractivity contribution in [3.05, 3.63) is 93.5 Å². The first-order valence-corrected chi connectivity index (χ1v) is 10.5. The molecule has 1 atom stereocenters. The lowest BCUT2D eigenvalue weighted by atomic mass is 10.0. The third-order valence-electron chi connectivity index (χ3n) is 5.31. The van der Waals surface area contributed by atoms with Gasteiger partial charge in [0.15, 0.2) is 0 Å². The third kappa shape index (κ3) is 4.53. The number of nitrogens with zero attached hydrogens (tertiary/aromatic N) is 1. The van der Waals surface area contributed by atoms with Gasteiger partial charge in [0.05, 0.1) is 30.3 Å². The van der Waals surface area contributed by atoms with E-state index in [1.54, 1.807) is 30.2 Å². The Bertz CT molecular complexity index is 1130. The van der Waals surface area contributed by atoms with Gasteiger partial charge in [-0.1, -0.05) is 53.5 Å². The SMILES string of the molecule is COc1ccc(C(CC(=O)Nc2cc(Cl)ccc2Cl)N2Cc3ccccc3C2=O)cc1. The van der Waals surface area contributed by atoms with E-state index in [9.17, 15) is 9.59 Å². The number of carbonyl (C=O) groups is 2. The number of nitrogens with one attached hydrogen (secondary N) is 1. The molecule has 31 heavy (non-hydrogen) atoms. The van der Waals surface area contributed by atoms with Crippen molar-refractivity contribution in [1.29, 1.82) is 0 Å². The summed E-state index contributed by atoms with van der Waals surface area (Å²) < 4.78 is 5.24. The number of anilines is 1. The normalized spacial score (nSPS) is 13.6. The second-order valence-electron chi connectivity index (χ2n) is 7.26. The maximum atomic E-state index is 13.1. The Morgan fingerprint density at radius 1 is 1.10 bits per heavy atom. The summed E-state index contributed by atoms with van der Waals surface area (Å²) in [5.74, 6) is 0.340. The highest BCUT2D eigenvalue weighted by Crippen LogP contribution is 2.35. The Balaban J connectivity index is 1.62. The minimum atomic E-state index is -0.455. The zero-order valence-electron chi connectivity index (χ0n) is 16.8. The number of fused-ring (bicyclic) bond motifs is 1. The van der Waals surface area contributed by atoms with Gasteiger partial charge in [-0.25, -0.2) is 0 Å². The van der Waals surface area contributed by atoms with Crippen LogP contribution < -0.4 is 10.1 Å². The fraction of sp³-hybridized carbons (Fsp3) is 0.167. The molecule has 0 bridgehead atoms. The summed E-state index contributed by atoms with van der Waals surface area (Å²) in [6.45, 7) is 0.441. The maximum Gasteiger partial charge on any atom is 0.255 e. The van der Waals surface area contributed by atoms with Crippen LogP contribution in [0.5, 0.6) is 5.75 Å². The Morgan fingerprint density at radius 2 is 1.84 bits per heavy atom. The van der Waals surface area contributed by atoms with Crippen molar-refractivity contribution in [1.82, 2.24) is 4.90 Å². The van der Waals surface area contributed by atoms with Crippen LogP contribution in [0.25, 0.3) is 0 Å². The molecule has 0 saturated heterocycles. The number of methoxy groups -OCH3 is 1. The lowest BCUT2D eigenvalue weighted by Crippen LogP contribution is -2.32. The molecule has 0 spiro atoms. The zero-order chi connectivity index (χ0) is 22.0. The molecule has 1 aliphatic heterocycles. The highest BCUT2D eigenvalue weighted by Gasteiger charge is 2.34. The van der Waals surface area contributed by atoms with E-state index in [0.717, 1.165) is 11.1 Å². The van der Waals surface area contributed by atoms with Gasteiger partial charge in [0, 0.05) is 17.1 Å². The van der Waals surface area contributed by atoms with E-state index in [-0.39, 0.29) is 18.2 Å². The largest absolute Gasteiger partial charge is 0.497 e. The maximum absolute atomic E-state index is 13.1. The predicted molar refractivity (Wildman–Crippen MR) is 122 cm³/mol. The molecule has 2 amide bonds. The van der Waals surface area contributed by atoms with E-state index in [1.165, 1.54) is 0 Å². The van der Waals surface area contributed by atoms with Crippen molar-refractivity contribution in [2.24, 2.45) is 0 Å². The fourth-order valence-electron chi connectivity index (χ4n) is 3.73. The molecule has 0 saturated carbocycles. The smallest absolute Gasteiger partial charge is 0.255 e. The monoisotopic (exact) mass is 454 g/mol. The van der Waals surface area contributed by atoms with Crippen LogP contribution in [0.2, 0.25) is 10.0 Å². The Hall–Kier alpha value is -3.02. The van der Waals surface area contributed by atoms with Crippen LogP contribution in [0.15, 0.2) is 66.7 Å². The molecule has 4 rings (SSSR count). The Morgan fingerprint density at radius 3 is 2.55 bits per heavy atom. The van der Waals surface area contributed by atoms with Gasteiger partial charge in [-0.2, -0.15) is 0 Å². The molecule has 0 radical (unpaired) electrons. The van der Waals surface area contributed by atoms with Crippen molar-refractivity contribution in [3.63, 3.8) is 0 Å². The van der Waals surface area contributed by atoms with E-state index in [1.807, 2.05) is 48.5 Å². The van der Waals surface area contributed by atoms with Crippen LogP contribution in [0.1, 0.15) is 33.9 Å². The highest BCUT2D eigenvalue weighted by atomic mass is 35.5. The molecule has 3 aromatic rings. The van der Waals surface area contributed by atoms with Crippen LogP contribution in [0.4, 0.5) is 5.69 Å². The first-order valence-electron chi connectivity index (χ1n) is 9.74. The van der Waals surface area contributed by atoms with E-state index in [4.69, 9.17) is 27.9 Å². The van der Waals surface area contributed by atoms with Crippen LogP contribution >= 0.6 is 23.2 Å². The van der Waals surface area contributed by atoms with Gasteiger partial charge in [-0.3, -0.25) is 9.59 Å². The number of amides is 2. The third-order valence-corrected chi connectivity index (χ3v) is 5.87. The summed E-state index contributed by atoms with van der Waals surface area (Å²) in [5.41, 5.74) is 2.89. The van der Waals surface area contributed by atoms with Gasteiger partial charge in [0.1, 0.15) is 5.75 Å². The second-order valence-corrected chi connectivity index (χ2v) is 8.10. The van der Waals surface area contributed by atoms with Crippen LogP contribution in [-0.2, 0) is 11.3 Å². The Labute approximate surface area is 190 Å². The molecule has 1 aliphatic rings. The number of carbonyl (C=O) groups excluding carboxylic acids is 2. The van der Waals surface area contributed by atoms with Gasteiger partial charge in [-0.05, 0) is 47.5 Å². The summed E-state index contributed by atoms with van der Waals surface area (Å²) in [7, 11) is 1.59. The lowest BCUT2D eigenvalue weighted by Gasteiger charge is -2.28. The van der Waals surface area contributed by atoms with E-state index in [2.05, 4.69) is 5.32 Å². The average Bonchev–Trinajstić information content (AvgIpc) is 3.11. The topological polar surface area (TPSA) is 58.6 Å². The van der Waals surface area contributed by atoms with Crippen LogP contribution in [-0.4, -0.2) is 23.8 Å². The van der Waals surface area contributed by atoms with Crippen molar-refractivity contribution in [3.8, 4) is 5.75 Å². The Kier molecular flexibility index (Phi) is 6.16. The van der Waals surface area contributed by atoms with E-state index < -0.39 is 6.04 Å². The molecule has 5 nitrogen and oxygen atoms in total. The standard InChI is InChI=1S/C24H20Cl2N2O3/c1-31-18-9-6-15(7-10-18)22(28-14-16-4-2-3-5-19(16)24(28)30)13-23(29)27-21-12-17(25)8-11-20(21)26/h2-12,22H,13-14H2,1H3,(H,27,29). The van der Waals surface area contributed by atoms with Gasteiger partial charge in [0.2, 0.25) is 5.91 Å². The number of benzene rings is 3. The molecule has 1 heterocycles. The van der Waals surface area contributed by atoms with Crippen LogP contribution in [0.3, 0.4) is 0 Å². The highest BCUT2D eigenvalue weighted by molar-refractivity contribution is 6.35. The molecule has 1 N–H and O–H groups in total. The summed E-state index contributed by atoms with van der Waals surface area (Å²) in [6, 6.07) is 19.3. The minimum absolute atomic E-state index is 0.0644. The number of rotatable bonds is 6. The van der Waals surface area contributed by atoms with Crippen molar-refractivity contribution < 1.29 is 14.3 Å². The molecular weight excluding hydrogens is 435 g/mol. The molecular formula is C24H20Cl2N2O3. The molecule has 0 aromatic heterocycles. The first-order chi connectivity index (χ1) is 15.0. The molecule has 0 aliphatic carbocycles. The molecule has 1 unspecified atom stereocenters. The molecule has 0 fully saturated rings. The van der Waals surface area contributed by atoms with Gasteiger partial charge in [0.25, 0.3) is 5.91 Å². The number of hydrogen-bond acceptors (Lipinski definition) is 3. The summed E-state index contributed by atoms with van der Waals surface area (Å²) in [4.78, 5) is 27.8. The average molecular weight is 455 g/mol. The zero-order valence-corrected chi connectivity index (χ0v) is 18.3. The van der Waals surface area contributed by atoms with Crippen molar-refractivity contribution in [2.75, 3.05) is 12.4 Å². The summed E-state index contributed by atoms with van der Waals surface area (Å²) in [6.07, 6.45) is 0.0644. The number of halogens is 2. The van der Waals surface area contributed by atoms with Crippen molar-refractivity contribution >= 4 is 40.7 Å². The first kappa shape index (κ1) is 21.2. The molecule has 158 valence electrons. The van der Waals surface area contributed by atoms with Crippen molar-refractivity contribution in [2.45, 2.75) is 19.0 Å². The number of hydrogen-bond donors (Lipinski definition) is 1. The van der Waals surface area contributed by atoms with Gasteiger partial charge < -0.3 is 15.0 Å². The minimum Gasteiger partial charge on any atom is -0.497 e. The summed E-state index contributed by atoms with van der Waals surface area (Å²) in [5, 5.41) is 3.68. The molecule has 7 heteroatoms. The second kappa shape index (κ2) is 9.00. The predicted octanol–water partition coefficient (Wildman–Crippen LogP) is 5.73. The van der Waals surface area contributed by atoms with E-state index >= 15 is 0 Å². The summed E-state index contributed by atoms with van der Waals surface area (Å²) >= 11 is 12.2. The van der Waals surface area contributed by atoms with Gasteiger partial charge >= 0.3 is 0 Å². The lowest BCUT2D eigenvalue weighted by molar-refractivity contribution is -0.117. The molecule has 3 aromatic carbocycles. The number of ether oxygens (including phenoxy) is 1. The van der Waals surface area contributed by atoms with Gasteiger partial charge in [-0.15, -0.1) is 0 Å². The van der Waals surface area contributed by atoms with E-state index in [0.29, 0.717) is 33.6 Å². The quantitative estimate of drug-likeness (QED) is 0.517. The fourth-order valence-corrected chi connectivity index (χ4v) is 4.07.